The molecule has 0 N–H and O–H groups in total. The molecule has 1 aromatic carbocycles. The highest BCUT2D eigenvalue weighted by Crippen LogP contribution is 2.53. The van der Waals surface area contributed by atoms with Crippen LogP contribution in [0.5, 0.6) is 0 Å². The Morgan fingerprint density at radius 1 is 0.857 bits per heavy atom. The molecule has 28 heavy (non-hydrogen) atoms. The van der Waals surface area contributed by atoms with Gasteiger partial charge in [-0.2, -0.15) is 0 Å². The molecule has 0 aliphatic heterocycles. The average molecular weight is 391 g/mol. The maximum atomic E-state index is 13.4. The molecule has 6 unspecified atom stereocenters. The first-order chi connectivity index (χ1) is 13.5. The zero-order valence-electron chi connectivity index (χ0n) is 17.0. The van der Waals surface area contributed by atoms with Gasteiger partial charge in [-0.3, -0.25) is 0 Å². The van der Waals surface area contributed by atoms with Crippen molar-refractivity contribution < 1.29 is 13.2 Å². The summed E-state index contributed by atoms with van der Waals surface area (Å²) >= 11 is 0. The van der Waals surface area contributed by atoms with Gasteiger partial charge in [0.15, 0.2) is 17.5 Å². The molecule has 0 nitrogen and oxygen atoms in total. The highest BCUT2D eigenvalue weighted by Gasteiger charge is 2.43. The van der Waals surface area contributed by atoms with E-state index in [1.165, 1.54) is 64.2 Å². The Hall–Kier alpha value is -1.25. The van der Waals surface area contributed by atoms with Crippen LogP contribution in [-0.4, -0.2) is 0 Å². The second kappa shape index (κ2) is 8.63. The zero-order valence-corrected chi connectivity index (χ0v) is 17.0. The molecule has 0 saturated heterocycles. The standard InChI is InChI=1S/C25H33F3/c1-2-3-16-6-10-21-19(12-16)8-9-20-13-17(7-11-22(20)21)4-5-18-14-23(26)25(28)24(27)15-18/h4-5,14-17,19-22H,2-3,6-13H2,1H3/b5-4+. The molecule has 0 aromatic heterocycles. The van der Waals surface area contributed by atoms with Gasteiger partial charge in [-0.15, -0.1) is 0 Å². The summed E-state index contributed by atoms with van der Waals surface area (Å²) in [5.74, 6) is 1.45. The monoisotopic (exact) mass is 390 g/mol. The van der Waals surface area contributed by atoms with Crippen molar-refractivity contribution in [2.75, 3.05) is 0 Å². The fourth-order valence-electron chi connectivity index (χ4n) is 6.69. The van der Waals surface area contributed by atoms with E-state index in [1.807, 2.05) is 0 Å². The topological polar surface area (TPSA) is 0 Å². The van der Waals surface area contributed by atoms with Crippen LogP contribution in [0.4, 0.5) is 13.2 Å². The number of benzene rings is 1. The largest absolute Gasteiger partial charge is 0.204 e. The summed E-state index contributed by atoms with van der Waals surface area (Å²) in [4.78, 5) is 0. The van der Waals surface area contributed by atoms with Gasteiger partial charge in [-0.1, -0.05) is 38.3 Å². The van der Waals surface area contributed by atoms with Gasteiger partial charge in [0, 0.05) is 0 Å². The van der Waals surface area contributed by atoms with Gasteiger partial charge in [-0.05, 0) is 98.1 Å². The molecule has 3 heteroatoms. The van der Waals surface area contributed by atoms with Crippen LogP contribution in [0.1, 0.15) is 76.7 Å². The first kappa shape index (κ1) is 20.0. The number of halogens is 3. The summed E-state index contributed by atoms with van der Waals surface area (Å²) in [5.41, 5.74) is 0.413. The number of fused-ring (bicyclic) bond motifs is 3. The number of hydrogen-bond acceptors (Lipinski definition) is 0. The van der Waals surface area contributed by atoms with Crippen molar-refractivity contribution in [3.05, 3.63) is 41.2 Å². The van der Waals surface area contributed by atoms with E-state index in [-0.39, 0.29) is 0 Å². The zero-order chi connectivity index (χ0) is 19.7. The van der Waals surface area contributed by atoms with Crippen LogP contribution >= 0.6 is 0 Å². The summed E-state index contributed by atoms with van der Waals surface area (Å²) in [7, 11) is 0. The van der Waals surface area contributed by atoms with E-state index in [2.05, 4.69) is 13.0 Å². The molecule has 0 bridgehead atoms. The van der Waals surface area contributed by atoms with E-state index >= 15 is 0 Å². The van der Waals surface area contributed by atoms with E-state index in [0.717, 1.165) is 41.7 Å². The minimum Gasteiger partial charge on any atom is -0.204 e. The minimum absolute atomic E-state index is 0.413. The molecule has 154 valence electrons. The number of allylic oxidation sites excluding steroid dienone is 1. The Kier molecular flexibility index (Phi) is 6.18. The normalized spacial score (nSPS) is 35.6. The molecule has 0 spiro atoms. The quantitative estimate of drug-likeness (QED) is 0.461. The van der Waals surface area contributed by atoms with Crippen molar-refractivity contribution in [2.45, 2.75) is 71.1 Å². The van der Waals surface area contributed by atoms with E-state index in [9.17, 15) is 13.2 Å². The van der Waals surface area contributed by atoms with E-state index in [4.69, 9.17) is 0 Å². The summed E-state index contributed by atoms with van der Waals surface area (Å²) < 4.78 is 39.9. The Morgan fingerprint density at radius 2 is 1.50 bits per heavy atom. The third kappa shape index (κ3) is 4.19. The summed E-state index contributed by atoms with van der Waals surface area (Å²) in [6.45, 7) is 2.31. The molecule has 3 fully saturated rings. The minimum atomic E-state index is -1.39. The Labute approximate surface area is 167 Å². The molecule has 6 atom stereocenters. The van der Waals surface area contributed by atoms with Gasteiger partial charge in [0.1, 0.15) is 0 Å². The van der Waals surface area contributed by atoms with E-state index in [0.29, 0.717) is 11.5 Å². The summed E-state index contributed by atoms with van der Waals surface area (Å²) in [6, 6.07) is 2.17. The molecule has 3 saturated carbocycles. The molecule has 1 aromatic rings. The first-order valence-electron chi connectivity index (χ1n) is 11.4. The first-order valence-corrected chi connectivity index (χ1v) is 11.4. The molecular weight excluding hydrogens is 357 g/mol. The van der Waals surface area contributed by atoms with Gasteiger partial charge in [0.25, 0.3) is 0 Å². The van der Waals surface area contributed by atoms with E-state index < -0.39 is 17.5 Å². The SMILES string of the molecule is CCCC1CCC2C(CCC3CC(/C=C/c4cc(F)c(F)c(F)c4)CCC32)C1. The lowest BCUT2D eigenvalue weighted by atomic mass is 9.55. The fourth-order valence-corrected chi connectivity index (χ4v) is 6.69. The van der Waals surface area contributed by atoms with Crippen LogP contribution in [-0.2, 0) is 0 Å². The van der Waals surface area contributed by atoms with Gasteiger partial charge >= 0.3 is 0 Å². The van der Waals surface area contributed by atoms with Crippen molar-refractivity contribution in [1.82, 2.24) is 0 Å². The molecule has 0 heterocycles. The highest BCUT2D eigenvalue weighted by atomic mass is 19.2. The van der Waals surface area contributed by atoms with Crippen molar-refractivity contribution in [1.29, 1.82) is 0 Å². The maximum absolute atomic E-state index is 13.4. The predicted octanol–water partition coefficient (Wildman–Crippen LogP) is 7.78. The van der Waals surface area contributed by atoms with Crippen LogP contribution in [0.25, 0.3) is 6.08 Å². The molecule has 4 rings (SSSR count). The average Bonchev–Trinajstić information content (AvgIpc) is 2.70. The van der Waals surface area contributed by atoms with Crippen molar-refractivity contribution in [3.63, 3.8) is 0 Å². The fraction of sp³-hybridized carbons (Fsp3) is 0.680. The van der Waals surface area contributed by atoms with Crippen LogP contribution in [0.15, 0.2) is 18.2 Å². The smallest absolute Gasteiger partial charge is 0.194 e. The summed E-state index contributed by atoms with van der Waals surface area (Å²) in [5, 5.41) is 0. The second-order valence-corrected chi connectivity index (χ2v) is 9.62. The number of hydrogen-bond donors (Lipinski definition) is 0. The predicted molar refractivity (Wildman–Crippen MR) is 108 cm³/mol. The van der Waals surface area contributed by atoms with Gasteiger partial charge in [0.05, 0.1) is 0 Å². The number of rotatable bonds is 4. The van der Waals surface area contributed by atoms with Crippen molar-refractivity contribution in [2.24, 2.45) is 35.5 Å². The lowest BCUT2D eigenvalue weighted by Gasteiger charge is -2.50. The summed E-state index contributed by atoms with van der Waals surface area (Å²) in [6.07, 6.45) is 17.4. The Balaban J connectivity index is 1.36. The van der Waals surface area contributed by atoms with Crippen LogP contribution in [0.3, 0.4) is 0 Å². The lowest BCUT2D eigenvalue weighted by molar-refractivity contribution is 0.00235. The highest BCUT2D eigenvalue weighted by molar-refractivity contribution is 5.49. The van der Waals surface area contributed by atoms with Crippen molar-refractivity contribution >= 4 is 6.08 Å². The third-order valence-electron chi connectivity index (χ3n) is 7.95. The second-order valence-electron chi connectivity index (χ2n) is 9.62. The maximum Gasteiger partial charge on any atom is 0.194 e. The van der Waals surface area contributed by atoms with Crippen LogP contribution in [0, 0.1) is 53.0 Å². The van der Waals surface area contributed by atoms with Crippen LogP contribution < -0.4 is 0 Å². The molecule has 0 amide bonds. The Bertz CT molecular complexity index is 687. The molecular formula is C25H33F3. The molecule has 3 aliphatic carbocycles. The van der Waals surface area contributed by atoms with Gasteiger partial charge in [0.2, 0.25) is 0 Å². The third-order valence-corrected chi connectivity index (χ3v) is 7.95. The Morgan fingerprint density at radius 3 is 2.18 bits per heavy atom. The van der Waals surface area contributed by atoms with Crippen LogP contribution in [0.2, 0.25) is 0 Å². The van der Waals surface area contributed by atoms with Gasteiger partial charge < -0.3 is 0 Å². The van der Waals surface area contributed by atoms with E-state index in [1.54, 1.807) is 6.08 Å². The molecule has 3 aliphatic rings. The van der Waals surface area contributed by atoms with Crippen molar-refractivity contribution in [3.8, 4) is 0 Å². The molecule has 0 radical (unpaired) electrons. The van der Waals surface area contributed by atoms with Gasteiger partial charge in [-0.25, -0.2) is 13.2 Å². The lowest BCUT2D eigenvalue weighted by Crippen LogP contribution is -2.41.